The summed E-state index contributed by atoms with van der Waals surface area (Å²) in [7, 11) is 0. The lowest BCUT2D eigenvalue weighted by molar-refractivity contribution is -0.138. The highest BCUT2D eigenvalue weighted by Crippen LogP contribution is 2.18. The van der Waals surface area contributed by atoms with Crippen molar-refractivity contribution in [3.05, 3.63) is 0 Å². The lowest BCUT2D eigenvalue weighted by atomic mass is 9.90. The number of aliphatic carboxylic acids is 1. The van der Waals surface area contributed by atoms with Crippen LogP contribution < -0.4 is 5.73 Å². The minimum atomic E-state index is -0.737. The molecule has 0 spiro atoms. The molecule has 0 bridgehead atoms. The van der Waals surface area contributed by atoms with Crippen molar-refractivity contribution in [1.29, 1.82) is 0 Å². The third-order valence-electron chi connectivity index (χ3n) is 2.31. The van der Waals surface area contributed by atoms with Crippen LogP contribution in [0.3, 0.4) is 0 Å². The van der Waals surface area contributed by atoms with E-state index in [-0.39, 0.29) is 24.7 Å². The van der Waals surface area contributed by atoms with Gasteiger partial charge in [0.1, 0.15) is 0 Å². The summed E-state index contributed by atoms with van der Waals surface area (Å²) in [5, 5.41) is 8.60. The largest absolute Gasteiger partial charge is 0.481 e. The number of hydrogen-bond acceptors (Lipinski definition) is 2. The summed E-state index contributed by atoms with van der Waals surface area (Å²) in [5.74, 6) is 0.0103. The molecule has 0 saturated carbocycles. The summed E-state index contributed by atoms with van der Waals surface area (Å²) >= 11 is 0. The molecular formula is C10H22ClNO2. The molecular weight excluding hydrogens is 202 g/mol. The van der Waals surface area contributed by atoms with Crippen molar-refractivity contribution in [2.24, 2.45) is 17.6 Å². The number of carboxylic acid groups (broad SMARTS) is 1. The van der Waals surface area contributed by atoms with Crippen molar-refractivity contribution in [3.8, 4) is 0 Å². The van der Waals surface area contributed by atoms with Crippen LogP contribution in [-0.4, -0.2) is 17.6 Å². The number of carbonyl (C=O) groups is 1. The molecule has 3 N–H and O–H groups in total. The van der Waals surface area contributed by atoms with E-state index >= 15 is 0 Å². The van der Waals surface area contributed by atoms with E-state index in [0.717, 1.165) is 19.3 Å². The van der Waals surface area contributed by atoms with Crippen molar-refractivity contribution in [2.75, 3.05) is 6.54 Å². The highest BCUT2D eigenvalue weighted by atomic mass is 35.5. The first kappa shape index (κ1) is 16.2. The number of carboxylic acids is 1. The maximum atomic E-state index is 10.5. The topological polar surface area (TPSA) is 63.3 Å². The summed E-state index contributed by atoms with van der Waals surface area (Å²) in [5.41, 5.74) is 5.50. The predicted octanol–water partition coefficient (Wildman–Crippen LogP) is 2.28. The first-order valence-corrected chi connectivity index (χ1v) is 5.02. The Balaban J connectivity index is 0. The number of hydrogen-bond donors (Lipinski definition) is 2. The van der Waals surface area contributed by atoms with Gasteiger partial charge in [0.15, 0.2) is 0 Å². The standard InChI is InChI=1S/C10H21NO2.ClH/c1-3-4-8(2)5-9(7-11)6-10(12)13;/h8-9H,3-7,11H2,1-2H3,(H,12,13);1H/t8?,9-;/m0./s1. The third-order valence-corrected chi connectivity index (χ3v) is 2.31. The molecule has 0 aliphatic rings. The lowest BCUT2D eigenvalue weighted by Crippen LogP contribution is -2.20. The fourth-order valence-corrected chi connectivity index (χ4v) is 1.69. The highest BCUT2D eigenvalue weighted by Gasteiger charge is 2.14. The van der Waals surface area contributed by atoms with Crippen molar-refractivity contribution in [2.45, 2.75) is 39.5 Å². The number of halogens is 1. The van der Waals surface area contributed by atoms with Gasteiger partial charge in [-0.05, 0) is 24.8 Å². The normalized spacial score (nSPS) is 14.2. The second-order valence-corrected chi connectivity index (χ2v) is 3.83. The molecule has 0 aromatic rings. The molecule has 0 aromatic heterocycles. The first-order chi connectivity index (χ1) is 6.10. The fourth-order valence-electron chi connectivity index (χ4n) is 1.69. The van der Waals surface area contributed by atoms with Gasteiger partial charge in [0, 0.05) is 6.42 Å². The molecule has 4 heteroatoms. The van der Waals surface area contributed by atoms with Crippen LogP contribution >= 0.6 is 12.4 Å². The molecule has 0 radical (unpaired) electrons. The van der Waals surface area contributed by atoms with E-state index in [9.17, 15) is 4.79 Å². The SMILES string of the molecule is CCCC(C)C[C@H](CN)CC(=O)O.Cl. The average molecular weight is 224 g/mol. The molecule has 14 heavy (non-hydrogen) atoms. The summed E-state index contributed by atoms with van der Waals surface area (Å²) in [4.78, 5) is 10.5. The molecule has 0 rings (SSSR count). The molecule has 0 aliphatic carbocycles. The zero-order valence-electron chi connectivity index (χ0n) is 9.03. The summed E-state index contributed by atoms with van der Waals surface area (Å²) in [6, 6.07) is 0. The molecule has 0 heterocycles. The maximum absolute atomic E-state index is 10.5. The van der Waals surface area contributed by atoms with E-state index in [2.05, 4.69) is 13.8 Å². The van der Waals surface area contributed by atoms with E-state index in [1.54, 1.807) is 0 Å². The monoisotopic (exact) mass is 223 g/mol. The lowest BCUT2D eigenvalue weighted by Gasteiger charge is -2.17. The second-order valence-electron chi connectivity index (χ2n) is 3.83. The summed E-state index contributed by atoms with van der Waals surface area (Å²) in [6.45, 7) is 4.79. The highest BCUT2D eigenvalue weighted by molar-refractivity contribution is 5.85. The van der Waals surface area contributed by atoms with Crippen LogP contribution in [-0.2, 0) is 4.79 Å². The minimum absolute atomic E-state index is 0. The molecule has 86 valence electrons. The van der Waals surface area contributed by atoms with Gasteiger partial charge in [0.2, 0.25) is 0 Å². The fraction of sp³-hybridized carbons (Fsp3) is 0.900. The van der Waals surface area contributed by atoms with Gasteiger partial charge in [-0.1, -0.05) is 26.7 Å². The van der Waals surface area contributed by atoms with Crippen LogP contribution in [0.1, 0.15) is 39.5 Å². The second kappa shape index (κ2) is 9.28. The number of nitrogens with two attached hydrogens (primary N) is 1. The average Bonchev–Trinajstić information content (AvgIpc) is 2.02. The molecule has 1 unspecified atom stereocenters. The van der Waals surface area contributed by atoms with E-state index in [0.29, 0.717) is 12.5 Å². The molecule has 0 amide bonds. The van der Waals surface area contributed by atoms with Gasteiger partial charge in [-0.15, -0.1) is 12.4 Å². The van der Waals surface area contributed by atoms with Crippen molar-refractivity contribution >= 4 is 18.4 Å². The van der Waals surface area contributed by atoms with E-state index in [1.165, 1.54) is 0 Å². The van der Waals surface area contributed by atoms with Crippen LogP contribution in [0, 0.1) is 11.8 Å². The van der Waals surface area contributed by atoms with E-state index in [1.807, 2.05) is 0 Å². The van der Waals surface area contributed by atoms with Gasteiger partial charge in [-0.3, -0.25) is 4.79 Å². The number of rotatable bonds is 7. The van der Waals surface area contributed by atoms with Crippen molar-refractivity contribution in [1.82, 2.24) is 0 Å². The Hall–Kier alpha value is -0.280. The summed E-state index contributed by atoms with van der Waals surface area (Å²) in [6.07, 6.45) is 3.48. The van der Waals surface area contributed by atoms with Gasteiger partial charge in [0.25, 0.3) is 0 Å². The van der Waals surface area contributed by atoms with Crippen LogP contribution in [0.5, 0.6) is 0 Å². The van der Waals surface area contributed by atoms with Crippen LogP contribution in [0.25, 0.3) is 0 Å². The predicted molar refractivity (Wildman–Crippen MR) is 60.7 cm³/mol. The Morgan fingerprint density at radius 1 is 1.50 bits per heavy atom. The quantitative estimate of drug-likeness (QED) is 0.696. The van der Waals surface area contributed by atoms with Crippen LogP contribution in [0.2, 0.25) is 0 Å². The maximum Gasteiger partial charge on any atom is 0.303 e. The van der Waals surface area contributed by atoms with E-state index in [4.69, 9.17) is 10.8 Å². The summed E-state index contributed by atoms with van der Waals surface area (Å²) < 4.78 is 0. The molecule has 0 aliphatic heterocycles. The molecule has 3 nitrogen and oxygen atoms in total. The van der Waals surface area contributed by atoms with Gasteiger partial charge in [-0.25, -0.2) is 0 Å². The Labute approximate surface area is 92.5 Å². The van der Waals surface area contributed by atoms with Crippen LogP contribution in [0.15, 0.2) is 0 Å². The molecule has 0 aromatic carbocycles. The Morgan fingerprint density at radius 2 is 2.07 bits per heavy atom. The minimum Gasteiger partial charge on any atom is -0.481 e. The van der Waals surface area contributed by atoms with Gasteiger partial charge in [0.05, 0.1) is 0 Å². The first-order valence-electron chi connectivity index (χ1n) is 5.02. The van der Waals surface area contributed by atoms with Gasteiger partial charge in [-0.2, -0.15) is 0 Å². The zero-order valence-corrected chi connectivity index (χ0v) is 9.85. The molecule has 0 fully saturated rings. The third kappa shape index (κ3) is 8.32. The Bertz CT molecular complexity index is 153. The Kier molecular flexibility index (Phi) is 10.7. The smallest absolute Gasteiger partial charge is 0.303 e. The van der Waals surface area contributed by atoms with E-state index < -0.39 is 5.97 Å². The molecule has 2 atom stereocenters. The van der Waals surface area contributed by atoms with Crippen molar-refractivity contribution in [3.63, 3.8) is 0 Å². The van der Waals surface area contributed by atoms with Gasteiger partial charge >= 0.3 is 5.97 Å². The van der Waals surface area contributed by atoms with Crippen LogP contribution in [0.4, 0.5) is 0 Å². The zero-order chi connectivity index (χ0) is 10.3. The molecule has 0 saturated heterocycles. The van der Waals surface area contributed by atoms with Gasteiger partial charge < -0.3 is 10.8 Å². The Morgan fingerprint density at radius 3 is 2.43 bits per heavy atom. The van der Waals surface area contributed by atoms with Crippen molar-refractivity contribution < 1.29 is 9.90 Å².